The molecule has 0 fully saturated rings. The van der Waals surface area contributed by atoms with Crippen molar-refractivity contribution in [3.05, 3.63) is 35.0 Å². The monoisotopic (exact) mass is 281 g/mol. The van der Waals surface area contributed by atoms with Crippen molar-refractivity contribution in [1.82, 2.24) is 4.90 Å². The molecule has 0 atom stereocenters. The lowest BCUT2D eigenvalue weighted by molar-refractivity contribution is 0.0478. The fraction of sp³-hybridized carbons (Fsp3) is 0.357. The highest BCUT2D eigenvalue weighted by Gasteiger charge is 2.28. The van der Waals surface area contributed by atoms with E-state index in [1.54, 1.807) is 33.0 Å². The minimum absolute atomic E-state index is 0.116. The Morgan fingerprint density at radius 1 is 1.42 bits per heavy atom. The second kappa shape index (κ2) is 4.90. The third-order valence-electron chi connectivity index (χ3n) is 3.29. The normalized spacial score (nSPS) is 11.8. The third kappa shape index (κ3) is 2.62. The number of carbonyl (C=O) groups excluding carboxylic acids is 1. The number of hydrogen-bond acceptors (Lipinski definition) is 3. The number of halogens is 1. The van der Waals surface area contributed by atoms with Gasteiger partial charge < -0.3 is 10.0 Å². The van der Waals surface area contributed by atoms with Crippen LogP contribution in [0, 0.1) is 5.82 Å². The van der Waals surface area contributed by atoms with Gasteiger partial charge in [0, 0.05) is 11.7 Å². The third-order valence-corrected chi connectivity index (χ3v) is 4.38. The summed E-state index contributed by atoms with van der Waals surface area (Å²) in [4.78, 5) is 14.4. The van der Waals surface area contributed by atoms with Crippen molar-refractivity contribution in [3.63, 3.8) is 0 Å². The highest BCUT2D eigenvalue weighted by molar-refractivity contribution is 7.20. The van der Waals surface area contributed by atoms with Gasteiger partial charge in [-0.25, -0.2) is 4.39 Å². The lowest BCUT2D eigenvalue weighted by atomic mass is 10.1. The van der Waals surface area contributed by atoms with E-state index in [1.807, 2.05) is 0 Å². The van der Waals surface area contributed by atoms with Crippen molar-refractivity contribution in [2.75, 3.05) is 13.7 Å². The standard InChI is InChI=1S/C14H16FNO2S/c1-14(2,8-17)16(3)13(18)12-6-9-4-5-10(15)7-11(9)19-12/h4-7,17H,8H2,1-3H3. The molecule has 2 aromatic rings. The molecule has 0 aliphatic heterocycles. The van der Waals surface area contributed by atoms with Crippen LogP contribution in [-0.4, -0.2) is 35.1 Å². The molecular formula is C14H16FNO2S. The minimum Gasteiger partial charge on any atom is -0.394 e. The Bertz CT molecular complexity index is 621. The first-order valence-electron chi connectivity index (χ1n) is 5.93. The van der Waals surface area contributed by atoms with Crippen molar-refractivity contribution in [2.24, 2.45) is 0 Å². The summed E-state index contributed by atoms with van der Waals surface area (Å²) in [7, 11) is 1.66. The molecule has 0 unspecified atom stereocenters. The number of hydrogen-bond donors (Lipinski definition) is 1. The summed E-state index contributed by atoms with van der Waals surface area (Å²) >= 11 is 1.26. The maximum absolute atomic E-state index is 13.1. The number of aliphatic hydroxyl groups is 1. The molecule has 1 aromatic carbocycles. The average Bonchev–Trinajstić information content (AvgIpc) is 2.79. The van der Waals surface area contributed by atoms with Crippen LogP contribution >= 0.6 is 11.3 Å². The first kappa shape index (κ1) is 14.0. The van der Waals surface area contributed by atoms with Crippen LogP contribution in [-0.2, 0) is 0 Å². The van der Waals surface area contributed by atoms with E-state index in [2.05, 4.69) is 0 Å². The Labute approximate surface area is 115 Å². The smallest absolute Gasteiger partial charge is 0.264 e. The van der Waals surface area contributed by atoms with Gasteiger partial charge >= 0.3 is 0 Å². The number of aliphatic hydroxyl groups excluding tert-OH is 1. The molecule has 0 saturated heterocycles. The van der Waals surface area contributed by atoms with Gasteiger partial charge in [0.25, 0.3) is 5.91 Å². The largest absolute Gasteiger partial charge is 0.394 e. The molecule has 0 aliphatic rings. The van der Waals surface area contributed by atoms with Crippen LogP contribution in [0.4, 0.5) is 4.39 Å². The average molecular weight is 281 g/mol. The number of fused-ring (bicyclic) bond motifs is 1. The topological polar surface area (TPSA) is 40.5 Å². The Kier molecular flexibility index (Phi) is 3.60. The van der Waals surface area contributed by atoms with E-state index in [1.165, 1.54) is 28.4 Å². The number of carbonyl (C=O) groups is 1. The molecule has 0 aliphatic carbocycles. The first-order chi connectivity index (χ1) is 8.85. The molecular weight excluding hydrogens is 265 g/mol. The van der Waals surface area contributed by atoms with Gasteiger partial charge in [-0.3, -0.25) is 4.79 Å². The number of rotatable bonds is 3. The molecule has 1 aromatic heterocycles. The molecule has 0 bridgehead atoms. The Balaban J connectivity index is 2.36. The van der Waals surface area contributed by atoms with E-state index >= 15 is 0 Å². The van der Waals surface area contributed by atoms with Crippen LogP contribution in [0.25, 0.3) is 10.1 Å². The molecule has 1 heterocycles. The van der Waals surface area contributed by atoms with E-state index < -0.39 is 5.54 Å². The summed E-state index contributed by atoms with van der Waals surface area (Å²) in [5, 5.41) is 10.1. The van der Waals surface area contributed by atoms with Crippen LogP contribution in [0.5, 0.6) is 0 Å². The fourth-order valence-electron chi connectivity index (χ4n) is 1.66. The van der Waals surface area contributed by atoms with Crippen LogP contribution in [0.3, 0.4) is 0 Å². The van der Waals surface area contributed by atoms with Crippen molar-refractivity contribution < 1.29 is 14.3 Å². The van der Waals surface area contributed by atoms with Crippen LogP contribution in [0.1, 0.15) is 23.5 Å². The Morgan fingerprint density at radius 2 is 2.11 bits per heavy atom. The summed E-state index contributed by atoms with van der Waals surface area (Å²) < 4.78 is 13.9. The predicted octanol–water partition coefficient (Wildman–Crippen LogP) is 2.88. The maximum Gasteiger partial charge on any atom is 0.264 e. The number of amides is 1. The zero-order valence-electron chi connectivity index (χ0n) is 11.1. The second-order valence-electron chi connectivity index (χ2n) is 5.13. The van der Waals surface area contributed by atoms with Crippen LogP contribution < -0.4 is 0 Å². The molecule has 2 rings (SSSR count). The van der Waals surface area contributed by atoms with E-state index in [4.69, 9.17) is 0 Å². The Morgan fingerprint density at radius 3 is 2.74 bits per heavy atom. The summed E-state index contributed by atoms with van der Waals surface area (Å²) in [5.74, 6) is -0.474. The van der Waals surface area contributed by atoms with Gasteiger partial charge in [0.05, 0.1) is 17.0 Å². The van der Waals surface area contributed by atoms with Crippen LogP contribution in [0.2, 0.25) is 0 Å². The number of nitrogens with zero attached hydrogens (tertiary/aromatic N) is 1. The van der Waals surface area contributed by atoms with Crippen LogP contribution in [0.15, 0.2) is 24.3 Å². The summed E-state index contributed by atoms with van der Waals surface area (Å²) in [6, 6.07) is 6.22. The number of likely N-dealkylation sites (N-methyl/N-ethyl adjacent to an activating group) is 1. The molecule has 5 heteroatoms. The van der Waals surface area contributed by atoms with Crippen molar-refractivity contribution >= 4 is 27.3 Å². The minimum atomic E-state index is -0.626. The lowest BCUT2D eigenvalue weighted by Gasteiger charge is -2.33. The maximum atomic E-state index is 13.1. The second-order valence-corrected chi connectivity index (χ2v) is 6.21. The van der Waals surface area contributed by atoms with Crippen molar-refractivity contribution in [1.29, 1.82) is 0 Å². The molecule has 1 amide bonds. The molecule has 1 N–H and O–H groups in total. The molecule has 3 nitrogen and oxygen atoms in total. The lowest BCUT2D eigenvalue weighted by Crippen LogP contribution is -2.47. The van der Waals surface area contributed by atoms with Gasteiger partial charge in [-0.1, -0.05) is 6.07 Å². The number of thiophene rings is 1. The highest BCUT2D eigenvalue weighted by atomic mass is 32.1. The van der Waals surface area contributed by atoms with Crippen molar-refractivity contribution in [3.8, 4) is 0 Å². The Hall–Kier alpha value is -1.46. The zero-order valence-corrected chi connectivity index (χ0v) is 11.9. The van der Waals surface area contributed by atoms with Crippen molar-refractivity contribution in [2.45, 2.75) is 19.4 Å². The summed E-state index contributed by atoms with van der Waals surface area (Å²) in [5.41, 5.74) is -0.626. The SMILES string of the molecule is CN(C(=O)c1cc2ccc(F)cc2s1)C(C)(C)CO. The van der Waals surface area contributed by atoms with E-state index in [0.29, 0.717) is 4.88 Å². The number of benzene rings is 1. The molecule has 19 heavy (non-hydrogen) atoms. The summed E-state index contributed by atoms with van der Waals surface area (Å²) in [6.07, 6.45) is 0. The van der Waals surface area contributed by atoms with E-state index in [0.717, 1.165) is 10.1 Å². The van der Waals surface area contributed by atoms with Gasteiger partial charge in [0.15, 0.2) is 0 Å². The zero-order chi connectivity index (χ0) is 14.2. The highest BCUT2D eigenvalue weighted by Crippen LogP contribution is 2.28. The van der Waals surface area contributed by atoms with Gasteiger partial charge in [0.2, 0.25) is 0 Å². The first-order valence-corrected chi connectivity index (χ1v) is 6.75. The van der Waals surface area contributed by atoms with Gasteiger partial charge in [-0.2, -0.15) is 0 Å². The molecule has 102 valence electrons. The van der Waals surface area contributed by atoms with Gasteiger partial charge in [-0.05, 0) is 37.4 Å². The molecule has 0 radical (unpaired) electrons. The summed E-state index contributed by atoms with van der Waals surface area (Å²) in [6.45, 7) is 3.46. The predicted molar refractivity (Wildman–Crippen MR) is 75.0 cm³/mol. The fourth-order valence-corrected chi connectivity index (χ4v) is 2.72. The van der Waals surface area contributed by atoms with E-state index in [9.17, 15) is 14.3 Å². The van der Waals surface area contributed by atoms with Gasteiger partial charge in [0.1, 0.15) is 5.82 Å². The molecule has 0 saturated carbocycles. The molecule has 0 spiro atoms. The quantitative estimate of drug-likeness (QED) is 0.939. The van der Waals surface area contributed by atoms with Gasteiger partial charge in [-0.15, -0.1) is 11.3 Å². The van der Waals surface area contributed by atoms with E-state index in [-0.39, 0.29) is 18.3 Å².